The summed E-state index contributed by atoms with van der Waals surface area (Å²) in [6.45, 7) is 6.62. The van der Waals surface area contributed by atoms with Crippen LogP contribution < -0.4 is 11.1 Å². The standard InChI is InChI=1S/C22H28N6O2/c1-14(17-7-6-8-24-12-17)11-18-15(2)21-20(22(23)26-18)27-19(13-29)28(21)10-5-4-9-25-16(3)30/h6-8,11-12,29H,4-5,9-10,13H2,1-3H3,(H2,23,26)(H,25,30)/b14-11+. The second-order valence-corrected chi connectivity index (χ2v) is 7.30. The van der Waals surface area contributed by atoms with Gasteiger partial charge in [-0.3, -0.25) is 9.78 Å². The van der Waals surface area contributed by atoms with Crippen molar-refractivity contribution in [2.75, 3.05) is 12.3 Å². The van der Waals surface area contributed by atoms with Crippen molar-refractivity contribution in [3.8, 4) is 0 Å². The van der Waals surface area contributed by atoms with Gasteiger partial charge in [0.15, 0.2) is 5.82 Å². The molecule has 158 valence electrons. The first-order valence-electron chi connectivity index (χ1n) is 10.0. The quantitative estimate of drug-likeness (QED) is 0.493. The molecular weight excluding hydrogens is 380 g/mol. The normalized spacial score (nSPS) is 11.8. The number of aryl methyl sites for hydroxylation is 2. The zero-order valence-electron chi connectivity index (χ0n) is 17.6. The molecule has 0 saturated heterocycles. The van der Waals surface area contributed by atoms with E-state index in [-0.39, 0.29) is 12.5 Å². The average Bonchev–Trinajstić information content (AvgIpc) is 3.11. The number of fused-ring (bicyclic) bond motifs is 1. The first-order valence-corrected chi connectivity index (χ1v) is 10.0. The summed E-state index contributed by atoms with van der Waals surface area (Å²) >= 11 is 0. The molecule has 8 nitrogen and oxygen atoms in total. The number of anilines is 1. The van der Waals surface area contributed by atoms with E-state index in [4.69, 9.17) is 5.73 Å². The third kappa shape index (κ3) is 4.65. The zero-order valence-corrected chi connectivity index (χ0v) is 17.6. The Bertz CT molecular complexity index is 1070. The van der Waals surface area contributed by atoms with Crippen LogP contribution in [0.25, 0.3) is 22.7 Å². The highest BCUT2D eigenvalue weighted by molar-refractivity contribution is 5.92. The number of unbranched alkanes of at least 4 members (excludes halogenated alkanes) is 1. The van der Waals surface area contributed by atoms with Crippen LogP contribution in [0, 0.1) is 6.92 Å². The molecule has 0 saturated carbocycles. The third-order valence-corrected chi connectivity index (χ3v) is 5.06. The number of imidazole rings is 1. The van der Waals surface area contributed by atoms with Crippen molar-refractivity contribution in [1.29, 1.82) is 0 Å². The van der Waals surface area contributed by atoms with Crippen LogP contribution >= 0.6 is 0 Å². The lowest BCUT2D eigenvalue weighted by atomic mass is 10.1. The van der Waals surface area contributed by atoms with Gasteiger partial charge in [-0.2, -0.15) is 0 Å². The summed E-state index contributed by atoms with van der Waals surface area (Å²) in [6.07, 6.45) is 7.21. The molecule has 0 aliphatic rings. The number of amides is 1. The van der Waals surface area contributed by atoms with E-state index in [1.54, 1.807) is 6.20 Å². The van der Waals surface area contributed by atoms with Gasteiger partial charge in [0.05, 0.1) is 11.2 Å². The molecule has 8 heteroatoms. The maximum absolute atomic E-state index is 11.0. The minimum atomic E-state index is -0.181. The number of aliphatic hydroxyl groups is 1. The molecule has 1 amide bonds. The van der Waals surface area contributed by atoms with E-state index in [1.807, 2.05) is 42.8 Å². The van der Waals surface area contributed by atoms with Gasteiger partial charge in [-0.1, -0.05) is 6.07 Å². The molecule has 3 aromatic rings. The van der Waals surface area contributed by atoms with Gasteiger partial charge in [0, 0.05) is 38.0 Å². The second kappa shape index (κ2) is 9.49. The van der Waals surface area contributed by atoms with E-state index in [9.17, 15) is 9.90 Å². The SMILES string of the molecule is CC(=O)NCCCCn1c(CO)nc2c(N)nc(/C=C(\C)c3cccnc3)c(C)c21. The topological polar surface area (TPSA) is 119 Å². The molecule has 0 aliphatic heterocycles. The Kier molecular flexibility index (Phi) is 6.79. The number of rotatable bonds is 8. The summed E-state index contributed by atoms with van der Waals surface area (Å²) in [6, 6.07) is 3.90. The Morgan fingerprint density at radius 2 is 2.10 bits per heavy atom. The molecule has 0 bridgehead atoms. The van der Waals surface area contributed by atoms with Gasteiger partial charge >= 0.3 is 0 Å². The summed E-state index contributed by atoms with van der Waals surface area (Å²) < 4.78 is 2.01. The Morgan fingerprint density at radius 3 is 2.77 bits per heavy atom. The van der Waals surface area contributed by atoms with Gasteiger partial charge in [-0.15, -0.1) is 0 Å². The van der Waals surface area contributed by atoms with Crippen LogP contribution in [0.2, 0.25) is 0 Å². The van der Waals surface area contributed by atoms with Crippen LogP contribution in [0.3, 0.4) is 0 Å². The lowest BCUT2D eigenvalue weighted by Gasteiger charge is -2.12. The van der Waals surface area contributed by atoms with E-state index in [2.05, 4.69) is 20.3 Å². The second-order valence-electron chi connectivity index (χ2n) is 7.30. The van der Waals surface area contributed by atoms with Gasteiger partial charge < -0.3 is 20.7 Å². The minimum Gasteiger partial charge on any atom is -0.388 e. The van der Waals surface area contributed by atoms with E-state index in [0.29, 0.717) is 30.2 Å². The van der Waals surface area contributed by atoms with Crippen molar-refractivity contribution in [2.24, 2.45) is 0 Å². The molecule has 0 unspecified atom stereocenters. The largest absolute Gasteiger partial charge is 0.388 e. The van der Waals surface area contributed by atoms with Crippen molar-refractivity contribution in [1.82, 2.24) is 24.8 Å². The highest BCUT2D eigenvalue weighted by Crippen LogP contribution is 2.29. The number of hydrogen-bond donors (Lipinski definition) is 3. The molecule has 0 spiro atoms. The van der Waals surface area contributed by atoms with Gasteiger partial charge in [-0.25, -0.2) is 9.97 Å². The Labute approximate surface area is 175 Å². The van der Waals surface area contributed by atoms with Crippen molar-refractivity contribution in [3.05, 3.63) is 47.2 Å². The van der Waals surface area contributed by atoms with Gasteiger partial charge in [0.1, 0.15) is 17.9 Å². The van der Waals surface area contributed by atoms with Crippen LogP contribution in [0.1, 0.15) is 49.3 Å². The Balaban J connectivity index is 1.97. The van der Waals surface area contributed by atoms with Crippen LogP contribution in [0.4, 0.5) is 5.82 Å². The highest BCUT2D eigenvalue weighted by atomic mass is 16.3. The lowest BCUT2D eigenvalue weighted by Crippen LogP contribution is -2.21. The Hall–Kier alpha value is -3.26. The fourth-order valence-electron chi connectivity index (χ4n) is 3.49. The molecule has 4 N–H and O–H groups in total. The van der Waals surface area contributed by atoms with Crippen LogP contribution in [-0.4, -0.2) is 37.1 Å². The first kappa shape index (κ1) is 21.4. The highest BCUT2D eigenvalue weighted by Gasteiger charge is 2.18. The Morgan fingerprint density at radius 1 is 1.30 bits per heavy atom. The first-order chi connectivity index (χ1) is 14.4. The molecule has 0 aromatic carbocycles. The number of aromatic nitrogens is 4. The number of pyridine rings is 2. The maximum Gasteiger partial charge on any atom is 0.216 e. The predicted molar refractivity (Wildman–Crippen MR) is 118 cm³/mol. The van der Waals surface area contributed by atoms with Crippen LogP contribution in [0.15, 0.2) is 24.5 Å². The van der Waals surface area contributed by atoms with Crippen LogP contribution in [0.5, 0.6) is 0 Å². The monoisotopic (exact) mass is 408 g/mol. The van der Waals surface area contributed by atoms with E-state index in [0.717, 1.165) is 40.8 Å². The van der Waals surface area contributed by atoms with Crippen molar-refractivity contribution >= 4 is 34.4 Å². The number of nitrogens with zero attached hydrogens (tertiary/aromatic N) is 4. The fourth-order valence-corrected chi connectivity index (χ4v) is 3.49. The molecule has 3 heterocycles. The molecule has 30 heavy (non-hydrogen) atoms. The summed E-state index contributed by atoms with van der Waals surface area (Å²) in [4.78, 5) is 24.3. The molecule has 0 radical (unpaired) electrons. The maximum atomic E-state index is 11.0. The molecule has 0 atom stereocenters. The van der Waals surface area contributed by atoms with Crippen LogP contribution in [-0.2, 0) is 17.9 Å². The molecular formula is C22H28N6O2. The summed E-state index contributed by atoms with van der Waals surface area (Å²) in [7, 11) is 0. The predicted octanol–water partition coefficient (Wildman–Crippen LogP) is 2.69. The summed E-state index contributed by atoms with van der Waals surface area (Å²) in [5, 5.41) is 12.6. The summed E-state index contributed by atoms with van der Waals surface area (Å²) in [5.41, 5.74) is 11.5. The van der Waals surface area contributed by atoms with E-state index in [1.165, 1.54) is 6.92 Å². The van der Waals surface area contributed by atoms with Gasteiger partial charge in [0.25, 0.3) is 0 Å². The number of carbonyl (C=O) groups is 1. The number of nitrogens with two attached hydrogens (primary N) is 1. The van der Waals surface area contributed by atoms with Crippen molar-refractivity contribution < 1.29 is 9.90 Å². The average molecular weight is 409 g/mol. The molecule has 0 aliphatic carbocycles. The van der Waals surface area contributed by atoms with E-state index < -0.39 is 0 Å². The number of nitrogen functional groups attached to an aromatic ring is 1. The third-order valence-electron chi connectivity index (χ3n) is 5.06. The molecule has 0 fully saturated rings. The lowest BCUT2D eigenvalue weighted by molar-refractivity contribution is -0.118. The number of aliphatic hydroxyl groups excluding tert-OH is 1. The molecule has 3 aromatic heterocycles. The number of hydrogen-bond acceptors (Lipinski definition) is 6. The number of allylic oxidation sites excluding steroid dienone is 1. The van der Waals surface area contributed by atoms with Gasteiger partial charge in [0.2, 0.25) is 5.91 Å². The van der Waals surface area contributed by atoms with Crippen molar-refractivity contribution in [3.63, 3.8) is 0 Å². The smallest absolute Gasteiger partial charge is 0.216 e. The minimum absolute atomic E-state index is 0.0331. The number of carbonyl (C=O) groups excluding carboxylic acids is 1. The zero-order chi connectivity index (χ0) is 21.7. The number of nitrogens with one attached hydrogen (secondary N) is 1. The van der Waals surface area contributed by atoms with E-state index >= 15 is 0 Å². The van der Waals surface area contributed by atoms with Crippen molar-refractivity contribution in [2.45, 2.75) is 46.8 Å². The van der Waals surface area contributed by atoms with Gasteiger partial charge in [-0.05, 0) is 50.0 Å². The fraction of sp³-hybridized carbons (Fsp3) is 0.364. The summed E-state index contributed by atoms with van der Waals surface area (Å²) in [5.74, 6) is 0.869. The molecule has 3 rings (SSSR count).